The van der Waals surface area contributed by atoms with Crippen LogP contribution in [0.15, 0.2) is 23.4 Å². The molecule has 2 rings (SSSR count). The van der Waals surface area contributed by atoms with Gasteiger partial charge in [0.1, 0.15) is 5.82 Å². The molecule has 116 valence electrons. The number of oxime groups is 1. The van der Waals surface area contributed by atoms with Gasteiger partial charge in [-0.3, -0.25) is 4.90 Å². The molecule has 1 saturated heterocycles. The van der Waals surface area contributed by atoms with Gasteiger partial charge in [-0.05, 0) is 19.5 Å². The number of nitrogens with two attached hydrogens (primary N) is 1. The lowest BCUT2D eigenvalue weighted by molar-refractivity contribution is 0.0876. The minimum Gasteiger partial charge on any atom is -0.409 e. The molecule has 1 aliphatic heterocycles. The highest BCUT2D eigenvalue weighted by Gasteiger charge is 2.23. The van der Waals surface area contributed by atoms with Gasteiger partial charge in [-0.25, -0.2) is 4.39 Å². The van der Waals surface area contributed by atoms with E-state index in [-0.39, 0.29) is 11.7 Å². The number of halogens is 1. The van der Waals surface area contributed by atoms with Gasteiger partial charge in [0, 0.05) is 43.3 Å². The minimum absolute atomic E-state index is 0.0777. The molecule has 0 amide bonds. The second-order valence-corrected chi connectivity index (χ2v) is 5.57. The molecule has 0 radical (unpaired) electrons. The molecule has 5 nitrogen and oxygen atoms in total. The Bertz CT molecular complexity index is 520. The number of rotatable bonds is 4. The number of likely N-dealkylation sites (N-methyl/N-ethyl adjacent to an activating group) is 1. The van der Waals surface area contributed by atoms with Crippen LogP contribution in [-0.4, -0.2) is 53.6 Å². The van der Waals surface area contributed by atoms with Gasteiger partial charge in [0.15, 0.2) is 5.84 Å². The number of nitrogens with zero attached hydrogens (tertiary/aromatic N) is 3. The average molecular weight is 294 g/mol. The van der Waals surface area contributed by atoms with Crippen molar-refractivity contribution < 1.29 is 9.60 Å². The molecule has 0 bridgehead atoms. The summed E-state index contributed by atoms with van der Waals surface area (Å²) in [4.78, 5) is 4.63. The number of hydrogen-bond donors (Lipinski definition) is 2. The molecule has 21 heavy (non-hydrogen) atoms. The van der Waals surface area contributed by atoms with Crippen LogP contribution in [-0.2, 0) is 6.54 Å². The van der Waals surface area contributed by atoms with Crippen molar-refractivity contribution in [3.63, 3.8) is 0 Å². The maximum atomic E-state index is 14.1. The summed E-state index contributed by atoms with van der Waals surface area (Å²) in [7, 11) is 2.14. The zero-order chi connectivity index (χ0) is 15.4. The van der Waals surface area contributed by atoms with E-state index in [0.29, 0.717) is 23.7 Å². The molecule has 1 atom stereocenters. The lowest BCUT2D eigenvalue weighted by Crippen LogP contribution is -2.50. The lowest BCUT2D eigenvalue weighted by Gasteiger charge is -2.39. The second-order valence-electron chi connectivity index (χ2n) is 5.57. The van der Waals surface area contributed by atoms with E-state index in [4.69, 9.17) is 10.9 Å². The van der Waals surface area contributed by atoms with E-state index in [1.54, 1.807) is 12.1 Å². The fourth-order valence-electron chi connectivity index (χ4n) is 2.73. The molecule has 0 aromatic heterocycles. The Hall–Kier alpha value is -1.66. The van der Waals surface area contributed by atoms with Crippen molar-refractivity contribution in [1.82, 2.24) is 9.80 Å². The lowest BCUT2D eigenvalue weighted by atomic mass is 10.1. The predicted molar refractivity (Wildman–Crippen MR) is 80.9 cm³/mol. The highest BCUT2D eigenvalue weighted by molar-refractivity contribution is 5.97. The van der Waals surface area contributed by atoms with Gasteiger partial charge >= 0.3 is 0 Å². The van der Waals surface area contributed by atoms with Gasteiger partial charge < -0.3 is 15.8 Å². The number of amidine groups is 1. The van der Waals surface area contributed by atoms with Crippen LogP contribution >= 0.6 is 0 Å². The van der Waals surface area contributed by atoms with Crippen molar-refractivity contribution in [1.29, 1.82) is 0 Å². The van der Waals surface area contributed by atoms with Gasteiger partial charge in [-0.15, -0.1) is 0 Å². The molecule has 1 aromatic rings. The van der Waals surface area contributed by atoms with E-state index in [1.807, 2.05) is 0 Å². The summed E-state index contributed by atoms with van der Waals surface area (Å²) in [6.45, 7) is 5.66. The summed E-state index contributed by atoms with van der Waals surface area (Å²) in [5, 5.41) is 11.5. The minimum atomic E-state index is -0.314. The molecular formula is C15H23FN4O. The molecule has 1 aliphatic rings. The summed E-state index contributed by atoms with van der Waals surface area (Å²) in [5.41, 5.74) is 6.50. The average Bonchev–Trinajstić information content (AvgIpc) is 2.50. The third-order valence-electron chi connectivity index (χ3n) is 4.18. The van der Waals surface area contributed by atoms with Crippen LogP contribution in [0.1, 0.15) is 24.5 Å². The van der Waals surface area contributed by atoms with E-state index in [0.717, 1.165) is 26.1 Å². The Morgan fingerprint density at radius 1 is 1.48 bits per heavy atom. The summed E-state index contributed by atoms with van der Waals surface area (Å²) in [6, 6.07) is 5.24. The zero-order valence-electron chi connectivity index (χ0n) is 12.6. The molecule has 1 heterocycles. The fourth-order valence-corrected chi connectivity index (χ4v) is 2.73. The first kappa shape index (κ1) is 15.7. The summed E-state index contributed by atoms with van der Waals surface area (Å²) < 4.78 is 14.1. The van der Waals surface area contributed by atoms with E-state index in [1.165, 1.54) is 6.07 Å². The number of benzene rings is 1. The third-order valence-corrected chi connectivity index (χ3v) is 4.18. The van der Waals surface area contributed by atoms with E-state index in [2.05, 4.69) is 28.9 Å². The highest BCUT2D eigenvalue weighted by Crippen LogP contribution is 2.17. The van der Waals surface area contributed by atoms with Gasteiger partial charge in [0.2, 0.25) is 0 Å². The molecule has 6 heteroatoms. The third kappa shape index (κ3) is 3.71. The Morgan fingerprint density at radius 3 is 2.86 bits per heavy atom. The first-order valence-electron chi connectivity index (χ1n) is 7.24. The number of hydrogen-bond acceptors (Lipinski definition) is 4. The van der Waals surface area contributed by atoms with E-state index in [9.17, 15) is 4.39 Å². The summed E-state index contributed by atoms with van der Waals surface area (Å²) in [5.74, 6) is -0.392. The summed E-state index contributed by atoms with van der Waals surface area (Å²) >= 11 is 0. The molecule has 0 saturated carbocycles. The van der Waals surface area contributed by atoms with Gasteiger partial charge in [-0.2, -0.15) is 0 Å². The second kappa shape index (κ2) is 6.87. The molecule has 3 N–H and O–H groups in total. The molecule has 1 unspecified atom stereocenters. The molecule has 1 fully saturated rings. The Balaban J connectivity index is 2.06. The topological polar surface area (TPSA) is 65.1 Å². The smallest absolute Gasteiger partial charge is 0.170 e. The first-order valence-corrected chi connectivity index (χ1v) is 7.24. The Labute approximate surface area is 124 Å². The van der Waals surface area contributed by atoms with Crippen molar-refractivity contribution in [3.8, 4) is 0 Å². The van der Waals surface area contributed by atoms with Crippen LogP contribution in [0.3, 0.4) is 0 Å². The largest absolute Gasteiger partial charge is 0.409 e. The Kier molecular flexibility index (Phi) is 5.14. The fraction of sp³-hybridized carbons (Fsp3) is 0.533. The van der Waals surface area contributed by atoms with Crippen LogP contribution in [0.5, 0.6) is 0 Å². The SMILES string of the molecule is CCC1CN(Cc2ccc(C(N)=NO)cc2F)CCN1C. The van der Waals surface area contributed by atoms with Crippen molar-refractivity contribution in [3.05, 3.63) is 35.1 Å². The number of piperazine rings is 1. The van der Waals surface area contributed by atoms with Crippen molar-refractivity contribution in [2.45, 2.75) is 25.9 Å². The van der Waals surface area contributed by atoms with Crippen molar-refractivity contribution >= 4 is 5.84 Å². The van der Waals surface area contributed by atoms with Crippen LogP contribution in [0.2, 0.25) is 0 Å². The standard InChI is InChI=1S/C15H23FN4O/c1-3-13-10-20(7-6-19(13)2)9-12-5-4-11(8-14(12)16)15(17)18-21/h4-5,8,13,21H,3,6-7,9-10H2,1-2H3,(H2,17,18). The van der Waals surface area contributed by atoms with Crippen LogP contribution in [0, 0.1) is 5.82 Å². The highest BCUT2D eigenvalue weighted by atomic mass is 19.1. The maximum absolute atomic E-state index is 14.1. The summed E-state index contributed by atoms with van der Waals surface area (Å²) in [6.07, 6.45) is 1.10. The predicted octanol–water partition coefficient (Wildman–Crippen LogP) is 1.45. The quantitative estimate of drug-likeness (QED) is 0.382. The van der Waals surface area contributed by atoms with Gasteiger partial charge in [-0.1, -0.05) is 24.2 Å². The molecule has 1 aromatic carbocycles. The van der Waals surface area contributed by atoms with Crippen molar-refractivity contribution in [2.24, 2.45) is 10.9 Å². The molecule has 0 spiro atoms. The maximum Gasteiger partial charge on any atom is 0.170 e. The van der Waals surface area contributed by atoms with E-state index >= 15 is 0 Å². The molecule has 0 aliphatic carbocycles. The van der Waals surface area contributed by atoms with E-state index < -0.39 is 0 Å². The van der Waals surface area contributed by atoms with Crippen LogP contribution < -0.4 is 5.73 Å². The van der Waals surface area contributed by atoms with Crippen molar-refractivity contribution in [2.75, 3.05) is 26.7 Å². The zero-order valence-corrected chi connectivity index (χ0v) is 12.6. The van der Waals surface area contributed by atoms with Crippen LogP contribution in [0.4, 0.5) is 4.39 Å². The van der Waals surface area contributed by atoms with Crippen LogP contribution in [0.25, 0.3) is 0 Å². The Morgan fingerprint density at radius 2 is 2.24 bits per heavy atom. The first-order chi connectivity index (χ1) is 10.0. The normalized spacial score (nSPS) is 21.7. The van der Waals surface area contributed by atoms with Gasteiger partial charge in [0.05, 0.1) is 0 Å². The molecular weight excluding hydrogens is 271 g/mol. The monoisotopic (exact) mass is 294 g/mol. The van der Waals surface area contributed by atoms with Gasteiger partial charge in [0.25, 0.3) is 0 Å².